The first kappa shape index (κ1) is 24.3. The van der Waals surface area contributed by atoms with Crippen LogP contribution < -0.4 is 10.1 Å². The lowest BCUT2D eigenvalue weighted by atomic mass is 10.1. The number of hydrogen-bond donors (Lipinski definition) is 1. The van der Waals surface area contributed by atoms with Gasteiger partial charge < -0.3 is 15.0 Å². The molecule has 0 fully saturated rings. The number of nitrogens with one attached hydrogen (secondary N) is 1. The van der Waals surface area contributed by atoms with Gasteiger partial charge in [-0.25, -0.2) is 0 Å². The van der Waals surface area contributed by atoms with Crippen LogP contribution in [0.5, 0.6) is 5.75 Å². The number of hydrogen-bond acceptors (Lipinski definition) is 3. The molecular weight excluding hydrogens is 465 g/mol. The summed E-state index contributed by atoms with van der Waals surface area (Å²) in [5.74, 6) is 1.83. The van der Waals surface area contributed by atoms with Gasteiger partial charge in [-0.05, 0) is 57.4 Å². The van der Waals surface area contributed by atoms with E-state index < -0.39 is 0 Å². The molecule has 0 aliphatic rings. The van der Waals surface area contributed by atoms with Crippen molar-refractivity contribution < 1.29 is 4.74 Å². The first-order chi connectivity index (χ1) is 13.0. The van der Waals surface area contributed by atoms with Crippen molar-refractivity contribution in [1.82, 2.24) is 20.0 Å². The molecule has 7 heteroatoms. The summed E-state index contributed by atoms with van der Waals surface area (Å²) in [4.78, 5) is 6.97. The first-order valence-corrected chi connectivity index (χ1v) is 9.66. The van der Waals surface area contributed by atoms with Crippen LogP contribution in [-0.2, 0) is 20.0 Å². The molecule has 0 atom stereocenters. The SMILES string of the molecule is CCNC(=NCCc1c(C)nn(C)c1C)N(C)Cc1ccc(OCC)cc1.I. The van der Waals surface area contributed by atoms with E-state index in [1.54, 1.807) is 0 Å². The van der Waals surface area contributed by atoms with E-state index in [9.17, 15) is 0 Å². The second kappa shape index (κ2) is 11.9. The van der Waals surface area contributed by atoms with E-state index in [1.807, 2.05) is 30.8 Å². The highest BCUT2D eigenvalue weighted by atomic mass is 127. The predicted octanol–water partition coefficient (Wildman–Crippen LogP) is 3.69. The summed E-state index contributed by atoms with van der Waals surface area (Å²) in [5, 5.41) is 7.87. The summed E-state index contributed by atoms with van der Waals surface area (Å²) in [6.45, 7) is 11.3. The molecule has 0 bridgehead atoms. The highest BCUT2D eigenvalue weighted by Crippen LogP contribution is 2.14. The molecule has 0 saturated heterocycles. The molecule has 0 radical (unpaired) electrons. The Morgan fingerprint density at radius 3 is 2.43 bits per heavy atom. The fraction of sp³-hybridized carbons (Fsp3) is 0.524. The molecule has 1 aromatic heterocycles. The van der Waals surface area contributed by atoms with Gasteiger partial charge in [-0.2, -0.15) is 5.10 Å². The average molecular weight is 499 g/mol. The monoisotopic (exact) mass is 499 g/mol. The number of aliphatic imine (C=N–C) groups is 1. The molecule has 0 aliphatic heterocycles. The third kappa shape index (κ3) is 6.68. The highest BCUT2D eigenvalue weighted by molar-refractivity contribution is 14.0. The summed E-state index contributed by atoms with van der Waals surface area (Å²) < 4.78 is 7.45. The largest absolute Gasteiger partial charge is 0.494 e. The maximum Gasteiger partial charge on any atom is 0.193 e. The van der Waals surface area contributed by atoms with Gasteiger partial charge in [0.15, 0.2) is 5.96 Å². The minimum Gasteiger partial charge on any atom is -0.494 e. The molecule has 2 rings (SSSR count). The zero-order chi connectivity index (χ0) is 19.8. The molecule has 1 N–H and O–H groups in total. The van der Waals surface area contributed by atoms with Crippen LogP contribution in [0.1, 0.15) is 36.4 Å². The lowest BCUT2D eigenvalue weighted by molar-refractivity contribution is 0.340. The summed E-state index contributed by atoms with van der Waals surface area (Å²) >= 11 is 0. The second-order valence-electron chi connectivity index (χ2n) is 6.69. The molecule has 0 spiro atoms. The van der Waals surface area contributed by atoms with Crippen LogP contribution in [0.2, 0.25) is 0 Å². The van der Waals surface area contributed by atoms with Crippen LogP contribution in [0, 0.1) is 13.8 Å². The number of benzene rings is 1. The van der Waals surface area contributed by atoms with E-state index in [-0.39, 0.29) is 24.0 Å². The van der Waals surface area contributed by atoms with Gasteiger partial charge in [0.1, 0.15) is 5.75 Å². The van der Waals surface area contributed by atoms with Crippen LogP contribution in [0.4, 0.5) is 0 Å². The van der Waals surface area contributed by atoms with Crippen LogP contribution >= 0.6 is 24.0 Å². The van der Waals surface area contributed by atoms with Crippen molar-refractivity contribution in [2.45, 2.75) is 40.7 Å². The molecule has 156 valence electrons. The lowest BCUT2D eigenvalue weighted by Gasteiger charge is -2.22. The minimum absolute atomic E-state index is 0. The molecule has 0 saturated carbocycles. The summed E-state index contributed by atoms with van der Waals surface area (Å²) in [6, 6.07) is 8.25. The van der Waals surface area contributed by atoms with Crippen molar-refractivity contribution >= 4 is 29.9 Å². The Labute approximate surface area is 186 Å². The van der Waals surface area contributed by atoms with E-state index in [0.717, 1.165) is 43.5 Å². The zero-order valence-corrected chi connectivity index (χ0v) is 20.3. The van der Waals surface area contributed by atoms with Crippen molar-refractivity contribution in [3.63, 3.8) is 0 Å². The predicted molar refractivity (Wildman–Crippen MR) is 127 cm³/mol. The Hall–Kier alpha value is -1.77. The topological polar surface area (TPSA) is 54.7 Å². The van der Waals surface area contributed by atoms with Gasteiger partial charge in [-0.15, -0.1) is 24.0 Å². The van der Waals surface area contributed by atoms with E-state index in [0.29, 0.717) is 6.61 Å². The molecule has 0 aliphatic carbocycles. The maximum atomic E-state index is 5.51. The quantitative estimate of drug-likeness (QED) is 0.342. The Morgan fingerprint density at radius 1 is 1.21 bits per heavy atom. The Morgan fingerprint density at radius 2 is 1.89 bits per heavy atom. The lowest BCUT2D eigenvalue weighted by Crippen LogP contribution is -2.38. The van der Waals surface area contributed by atoms with E-state index in [4.69, 9.17) is 9.73 Å². The van der Waals surface area contributed by atoms with Crippen LogP contribution in [0.3, 0.4) is 0 Å². The Bertz CT molecular complexity index is 755. The van der Waals surface area contributed by atoms with E-state index in [2.05, 4.69) is 55.3 Å². The van der Waals surface area contributed by atoms with Gasteiger partial charge in [-0.1, -0.05) is 12.1 Å². The molecule has 0 amide bonds. The molecule has 1 aromatic carbocycles. The summed E-state index contributed by atoms with van der Waals surface area (Å²) in [6.07, 6.45) is 0.900. The van der Waals surface area contributed by atoms with Gasteiger partial charge >= 0.3 is 0 Å². The van der Waals surface area contributed by atoms with Gasteiger partial charge in [0, 0.05) is 39.4 Å². The van der Waals surface area contributed by atoms with Gasteiger partial charge in [0.25, 0.3) is 0 Å². The first-order valence-electron chi connectivity index (χ1n) is 9.66. The van der Waals surface area contributed by atoms with Crippen molar-refractivity contribution in [2.24, 2.45) is 12.0 Å². The highest BCUT2D eigenvalue weighted by Gasteiger charge is 2.10. The number of aryl methyl sites for hydroxylation is 2. The third-order valence-corrected chi connectivity index (χ3v) is 4.63. The van der Waals surface area contributed by atoms with Gasteiger partial charge in [-0.3, -0.25) is 9.67 Å². The Balaban J connectivity index is 0.00000392. The van der Waals surface area contributed by atoms with Crippen molar-refractivity contribution in [3.8, 4) is 5.75 Å². The molecule has 6 nitrogen and oxygen atoms in total. The summed E-state index contributed by atoms with van der Waals surface area (Å²) in [5.41, 5.74) is 4.84. The van der Waals surface area contributed by atoms with Crippen LogP contribution in [0.25, 0.3) is 0 Å². The van der Waals surface area contributed by atoms with Gasteiger partial charge in [0.2, 0.25) is 0 Å². The molecule has 1 heterocycles. The van der Waals surface area contributed by atoms with E-state index in [1.165, 1.54) is 16.8 Å². The average Bonchev–Trinajstić information content (AvgIpc) is 2.88. The molecule has 0 unspecified atom stereocenters. The standard InChI is InChI=1S/C21H33N5O.HI/c1-7-22-21(23-14-13-20-16(3)24-26(6)17(20)4)25(5)15-18-9-11-19(12-10-18)27-8-2;/h9-12H,7-8,13-15H2,1-6H3,(H,22,23);1H. The fourth-order valence-corrected chi connectivity index (χ4v) is 3.13. The van der Waals surface area contributed by atoms with E-state index >= 15 is 0 Å². The minimum atomic E-state index is 0. The zero-order valence-electron chi connectivity index (χ0n) is 18.0. The molecule has 28 heavy (non-hydrogen) atoms. The number of halogens is 1. The van der Waals surface area contributed by atoms with Crippen LogP contribution in [0.15, 0.2) is 29.3 Å². The van der Waals surface area contributed by atoms with Crippen LogP contribution in [-0.4, -0.2) is 47.4 Å². The third-order valence-electron chi connectivity index (χ3n) is 4.63. The number of guanidine groups is 1. The molecule has 2 aromatic rings. The summed E-state index contributed by atoms with van der Waals surface area (Å²) in [7, 11) is 4.06. The van der Waals surface area contributed by atoms with Crippen molar-refractivity contribution in [2.75, 3.05) is 26.7 Å². The maximum absolute atomic E-state index is 5.51. The number of ether oxygens (including phenoxy) is 1. The van der Waals surface area contributed by atoms with Crippen molar-refractivity contribution in [3.05, 3.63) is 46.8 Å². The van der Waals surface area contributed by atoms with Crippen molar-refractivity contribution in [1.29, 1.82) is 0 Å². The van der Waals surface area contributed by atoms with Gasteiger partial charge in [0.05, 0.1) is 12.3 Å². The Kier molecular flexibility index (Phi) is 10.3. The fourth-order valence-electron chi connectivity index (χ4n) is 3.13. The number of nitrogens with zero attached hydrogens (tertiary/aromatic N) is 4. The smallest absolute Gasteiger partial charge is 0.193 e. The number of aromatic nitrogens is 2. The number of rotatable bonds is 8. The second-order valence-corrected chi connectivity index (χ2v) is 6.69. The normalized spacial score (nSPS) is 11.1. The molecular formula is C21H34IN5O.